The van der Waals surface area contributed by atoms with Gasteiger partial charge in [0.2, 0.25) is 5.91 Å². The Morgan fingerprint density at radius 2 is 1.83 bits per heavy atom. The predicted octanol–water partition coefficient (Wildman–Crippen LogP) is 5.29. The lowest BCUT2D eigenvalue weighted by molar-refractivity contribution is -0.118. The molecule has 7 heteroatoms. The first-order chi connectivity index (χ1) is 14.1. The number of thioether (sulfide) groups is 1. The molecule has 29 heavy (non-hydrogen) atoms. The lowest BCUT2D eigenvalue weighted by atomic mass is 10.3. The summed E-state index contributed by atoms with van der Waals surface area (Å²) in [6.45, 7) is 7.40. The number of para-hydroxylation sites is 1. The molecule has 154 valence electrons. The molecule has 0 aliphatic rings. The number of fused-ring (bicyclic) bond motifs is 1. The van der Waals surface area contributed by atoms with Gasteiger partial charge in [0, 0.05) is 30.2 Å². The molecule has 1 aromatic heterocycles. The second-order valence-corrected chi connectivity index (χ2v) is 8.74. The van der Waals surface area contributed by atoms with E-state index >= 15 is 0 Å². The normalized spacial score (nSPS) is 11.3. The number of hydrogen-bond donors (Lipinski definition) is 0. The Morgan fingerprint density at radius 1 is 1.07 bits per heavy atom. The van der Waals surface area contributed by atoms with Crippen molar-refractivity contribution < 1.29 is 9.18 Å². The summed E-state index contributed by atoms with van der Waals surface area (Å²) in [5.41, 5.74) is 0.340. The van der Waals surface area contributed by atoms with Crippen molar-refractivity contribution in [3.8, 4) is 0 Å². The minimum atomic E-state index is -0.347. The third-order valence-electron chi connectivity index (χ3n) is 4.75. The highest BCUT2D eigenvalue weighted by atomic mass is 32.2. The van der Waals surface area contributed by atoms with Gasteiger partial charge in [0.25, 0.3) is 0 Å². The smallest absolute Gasteiger partial charge is 0.229 e. The number of nitrogens with zero attached hydrogens (tertiary/aromatic N) is 3. The zero-order chi connectivity index (χ0) is 20.6. The fourth-order valence-electron chi connectivity index (χ4n) is 3.03. The highest BCUT2D eigenvalue weighted by molar-refractivity contribution is 7.99. The second kappa shape index (κ2) is 10.7. The summed E-state index contributed by atoms with van der Waals surface area (Å²) in [6.07, 6.45) is 0.413. The molecule has 3 aromatic rings. The number of thiazole rings is 1. The number of aromatic nitrogens is 1. The predicted molar refractivity (Wildman–Crippen MR) is 122 cm³/mol. The molecule has 0 aliphatic carbocycles. The van der Waals surface area contributed by atoms with E-state index < -0.39 is 0 Å². The molecule has 1 amide bonds. The average molecular weight is 432 g/mol. The molecular weight excluding hydrogens is 405 g/mol. The number of carbonyl (C=O) groups is 1. The van der Waals surface area contributed by atoms with Gasteiger partial charge in [0.15, 0.2) is 5.13 Å². The Kier molecular flexibility index (Phi) is 8.03. The van der Waals surface area contributed by atoms with Crippen LogP contribution in [0, 0.1) is 5.82 Å². The largest absolute Gasteiger partial charge is 0.302 e. The van der Waals surface area contributed by atoms with Crippen molar-refractivity contribution in [3.05, 3.63) is 54.3 Å². The molecular formula is C22H26FN3OS2. The SMILES string of the molecule is CCN(CC)CCN(C(=O)CCSc1ccccc1)c1nc2c(F)cccc2s1. The molecule has 0 bridgehead atoms. The summed E-state index contributed by atoms with van der Waals surface area (Å²) in [5.74, 6) is 0.380. The van der Waals surface area contributed by atoms with Gasteiger partial charge in [-0.25, -0.2) is 9.37 Å². The van der Waals surface area contributed by atoms with Crippen LogP contribution in [0.2, 0.25) is 0 Å². The Balaban J connectivity index is 1.74. The van der Waals surface area contributed by atoms with Gasteiger partial charge >= 0.3 is 0 Å². The third-order valence-corrected chi connectivity index (χ3v) is 6.81. The Labute approximate surface area is 179 Å². The van der Waals surface area contributed by atoms with Gasteiger partial charge in [-0.2, -0.15) is 0 Å². The van der Waals surface area contributed by atoms with E-state index in [-0.39, 0.29) is 11.7 Å². The van der Waals surface area contributed by atoms with E-state index in [2.05, 4.69) is 23.7 Å². The number of carbonyl (C=O) groups excluding carboxylic acids is 1. The molecule has 4 nitrogen and oxygen atoms in total. The minimum absolute atomic E-state index is 0.0278. The molecule has 3 rings (SSSR count). The zero-order valence-electron chi connectivity index (χ0n) is 16.8. The van der Waals surface area contributed by atoms with Gasteiger partial charge in [0.05, 0.1) is 4.70 Å². The number of hydrogen-bond acceptors (Lipinski definition) is 5. The lowest BCUT2D eigenvalue weighted by Gasteiger charge is -2.24. The van der Waals surface area contributed by atoms with E-state index in [4.69, 9.17) is 0 Å². The molecule has 0 aliphatic heterocycles. The second-order valence-electron chi connectivity index (χ2n) is 6.57. The highest BCUT2D eigenvalue weighted by Crippen LogP contribution is 2.31. The van der Waals surface area contributed by atoms with E-state index in [0.717, 1.165) is 29.2 Å². The summed E-state index contributed by atoms with van der Waals surface area (Å²) in [6, 6.07) is 15.0. The minimum Gasteiger partial charge on any atom is -0.302 e. The fourth-order valence-corrected chi connectivity index (χ4v) is 4.92. The van der Waals surface area contributed by atoms with Gasteiger partial charge in [0.1, 0.15) is 11.3 Å². The van der Waals surface area contributed by atoms with Crippen LogP contribution in [0.15, 0.2) is 53.4 Å². The Morgan fingerprint density at radius 3 is 2.52 bits per heavy atom. The molecule has 0 saturated heterocycles. The van der Waals surface area contributed by atoms with Crippen LogP contribution in [0.5, 0.6) is 0 Å². The maximum Gasteiger partial charge on any atom is 0.229 e. The van der Waals surface area contributed by atoms with Crippen molar-refractivity contribution >= 4 is 44.4 Å². The van der Waals surface area contributed by atoms with Crippen LogP contribution in [-0.4, -0.2) is 47.7 Å². The number of anilines is 1. The van der Waals surface area contributed by atoms with Crippen LogP contribution in [0.1, 0.15) is 20.3 Å². The number of amides is 1. The first-order valence-electron chi connectivity index (χ1n) is 9.88. The highest BCUT2D eigenvalue weighted by Gasteiger charge is 2.21. The number of benzene rings is 2. The Hall–Kier alpha value is -1.96. The summed E-state index contributed by atoms with van der Waals surface area (Å²) >= 11 is 3.04. The van der Waals surface area contributed by atoms with E-state index in [9.17, 15) is 9.18 Å². The molecule has 0 unspecified atom stereocenters. The van der Waals surface area contributed by atoms with Gasteiger partial charge in [-0.05, 0) is 37.4 Å². The maximum absolute atomic E-state index is 14.1. The summed E-state index contributed by atoms with van der Waals surface area (Å²) in [7, 11) is 0. The fraction of sp³-hybridized carbons (Fsp3) is 0.364. The molecule has 0 N–H and O–H groups in total. The third kappa shape index (κ3) is 5.78. The first kappa shape index (κ1) is 21.7. The number of rotatable bonds is 10. The van der Waals surface area contributed by atoms with Crippen molar-refractivity contribution in [1.82, 2.24) is 9.88 Å². The molecule has 1 heterocycles. The quantitative estimate of drug-likeness (QED) is 0.409. The first-order valence-corrected chi connectivity index (χ1v) is 11.7. The summed E-state index contributed by atoms with van der Waals surface area (Å²) < 4.78 is 14.9. The van der Waals surface area contributed by atoms with Crippen molar-refractivity contribution in [1.29, 1.82) is 0 Å². The molecule has 0 spiro atoms. The summed E-state index contributed by atoms with van der Waals surface area (Å²) in [5, 5.41) is 0.576. The van der Waals surface area contributed by atoms with Crippen molar-refractivity contribution in [2.75, 3.05) is 36.8 Å². The van der Waals surface area contributed by atoms with E-state index in [1.54, 1.807) is 22.7 Å². The molecule has 0 fully saturated rings. The van der Waals surface area contributed by atoms with E-state index in [1.807, 2.05) is 36.4 Å². The van der Waals surface area contributed by atoms with E-state index in [1.165, 1.54) is 17.4 Å². The van der Waals surface area contributed by atoms with Crippen LogP contribution in [0.4, 0.5) is 9.52 Å². The van der Waals surface area contributed by atoms with Gasteiger partial charge < -0.3 is 4.90 Å². The lowest BCUT2D eigenvalue weighted by Crippen LogP contribution is -2.39. The zero-order valence-corrected chi connectivity index (χ0v) is 18.4. The van der Waals surface area contributed by atoms with Gasteiger partial charge in [-0.1, -0.05) is 49.4 Å². The topological polar surface area (TPSA) is 36.4 Å². The molecule has 0 atom stereocenters. The molecule has 0 radical (unpaired) electrons. The van der Waals surface area contributed by atoms with Crippen LogP contribution in [-0.2, 0) is 4.79 Å². The monoisotopic (exact) mass is 431 g/mol. The molecule has 2 aromatic carbocycles. The van der Waals surface area contributed by atoms with Crippen LogP contribution in [0.3, 0.4) is 0 Å². The number of likely N-dealkylation sites (N-methyl/N-ethyl adjacent to an activating group) is 1. The van der Waals surface area contributed by atoms with Crippen molar-refractivity contribution in [3.63, 3.8) is 0 Å². The van der Waals surface area contributed by atoms with Crippen molar-refractivity contribution in [2.24, 2.45) is 0 Å². The number of halogens is 1. The van der Waals surface area contributed by atoms with Crippen LogP contribution < -0.4 is 4.90 Å². The van der Waals surface area contributed by atoms with Gasteiger partial charge in [-0.3, -0.25) is 9.69 Å². The standard InChI is InChI=1S/C22H26FN3OS2/c1-3-25(4-2)14-15-26(20(27)13-16-28-17-9-6-5-7-10-17)22-24-21-18(23)11-8-12-19(21)29-22/h5-12H,3-4,13-16H2,1-2H3. The maximum atomic E-state index is 14.1. The van der Waals surface area contributed by atoms with Crippen LogP contribution >= 0.6 is 23.1 Å². The molecule has 0 saturated carbocycles. The van der Waals surface area contributed by atoms with E-state index in [0.29, 0.717) is 29.4 Å². The van der Waals surface area contributed by atoms with Crippen LogP contribution in [0.25, 0.3) is 10.2 Å². The van der Waals surface area contributed by atoms with Crippen molar-refractivity contribution in [2.45, 2.75) is 25.2 Å². The Bertz CT molecular complexity index is 928. The van der Waals surface area contributed by atoms with Gasteiger partial charge in [-0.15, -0.1) is 11.8 Å². The average Bonchev–Trinajstić information content (AvgIpc) is 3.17. The summed E-state index contributed by atoms with van der Waals surface area (Å²) in [4.78, 5) is 22.7.